The van der Waals surface area contributed by atoms with Crippen LogP contribution in [0.5, 0.6) is 0 Å². The maximum atomic E-state index is 12.4. The summed E-state index contributed by atoms with van der Waals surface area (Å²) in [6, 6.07) is 5.96. The van der Waals surface area contributed by atoms with Gasteiger partial charge in [-0.2, -0.15) is 0 Å². The molecule has 22 heavy (non-hydrogen) atoms. The Bertz CT molecular complexity index is 640. The number of carbonyl (C=O) groups excluding carboxylic acids is 1. The molecule has 2 N–H and O–H groups in total. The van der Waals surface area contributed by atoms with Gasteiger partial charge in [-0.1, -0.05) is 37.1 Å². The van der Waals surface area contributed by atoms with E-state index >= 15 is 0 Å². The van der Waals surface area contributed by atoms with Gasteiger partial charge in [0.2, 0.25) is 0 Å². The second-order valence-electron chi connectivity index (χ2n) is 4.87. The van der Waals surface area contributed by atoms with Crippen LogP contribution in [0.25, 0.3) is 5.69 Å². The Morgan fingerprint density at radius 2 is 2.14 bits per heavy atom. The Labute approximate surface area is 128 Å². The van der Waals surface area contributed by atoms with Gasteiger partial charge in [-0.05, 0) is 18.6 Å². The number of rotatable bonds is 7. The lowest BCUT2D eigenvalue weighted by Gasteiger charge is -2.15. The predicted molar refractivity (Wildman–Crippen MR) is 79.8 cm³/mol. The lowest BCUT2D eigenvalue weighted by Crippen LogP contribution is -2.41. The van der Waals surface area contributed by atoms with E-state index in [4.69, 9.17) is 0 Å². The van der Waals surface area contributed by atoms with Gasteiger partial charge >= 0.3 is 5.97 Å². The van der Waals surface area contributed by atoms with Crippen molar-refractivity contribution in [1.29, 1.82) is 0 Å². The zero-order chi connectivity index (χ0) is 15.9. The average molecular weight is 302 g/mol. The number of hydrogen-bond donors (Lipinski definition) is 2. The number of nitrogens with one attached hydrogen (secondary N) is 1. The van der Waals surface area contributed by atoms with Crippen molar-refractivity contribution in [3.63, 3.8) is 0 Å². The number of unbranched alkanes of at least 4 members (excludes halogenated alkanes) is 1. The van der Waals surface area contributed by atoms with Crippen LogP contribution in [0.15, 0.2) is 36.7 Å². The number of para-hydroxylation sites is 1. The number of nitrogens with zero attached hydrogens (tertiary/aromatic N) is 3. The Balaban J connectivity index is 2.21. The zero-order valence-corrected chi connectivity index (χ0v) is 12.3. The van der Waals surface area contributed by atoms with Gasteiger partial charge in [0.1, 0.15) is 6.04 Å². The minimum atomic E-state index is -1.03. The van der Waals surface area contributed by atoms with E-state index in [2.05, 4.69) is 15.6 Å². The third-order valence-electron chi connectivity index (χ3n) is 3.27. The van der Waals surface area contributed by atoms with E-state index in [0.717, 1.165) is 12.8 Å². The standard InChI is InChI=1S/C15H18N4O3/c1-2-3-7-12(15(21)22)17-14(20)11-6-4-5-8-13(11)19-10-9-16-18-19/h4-6,8-10,12H,2-3,7H2,1H3,(H,17,20)(H,21,22)/t12-/m0/s1. The number of benzene rings is 1. The topological polar surface area (TPSA) is 97.1 Å². The van der Waals surface area contributed by atoms with Crippen molar-refractivity contribution in [3.8, 4) is 5.69 Å². The summed E-state index contributed by atoms with van der Waals surface area (Å²) in [7, 11) is 0. The molecule has 7 heteroatoms. The number of hydrogen-bond acceptors (Lipinski definition) is 4. The molecule has 1 aromatic heterocycles. The highest BCUT2D eigenvalue weighted by Gasteiger charge is 2.21. The maximum absolute atomic E-state index is 12.4. The number of aliphatic carboxylic acids is 1. The van der Waals surface area contributed by atoms with Crippen molar-refractivity contribution in [2.45, 2.75) is 32.2 Å². The second-order valence-corrected chi connectivity index (χ2v) is 4.87. The lowest BCUT2D eigenvalue weighted by molar-refractivity contribution is -0.139. The van der Waals surface area contributed by atoms with Gasteiger partial charge in [0, 0.05) is 0 Å². The molecular weight excluding hydrogens is 284 g/mol. The fourth-order valence-electron chi connectivity index (χ4n) is 2.10. The summed E-state index contributed by atoms with van der Waals surface area (Å²) < 4.78 is 1.47. The summed E-state index contributed by atoms with van der Waals surface area (Å²) in [5, 5.41) is 19.4. The first-order valence-electron chi connectivity index (χ1n) is 7.13. The molecule has 1 heterocycles. The molecular formula is C15H18N4O3. The molecule has 2 aromatic rings. The van der Waals surface area contributed by atoms with Crippen LogP contribution < -0.4 is 5.32 Å². The molecule has 7 nitrogen and oxygen atoms in total. The van der Waals surface area contributed by atoms with Crippen LogP contribution >= 0.6 is 0 Å². The molecule has 1 amide bonds. The highest BCUT2D eigenvalue weighted by molar-refractivity contribution is 5.99. The molecule has 2 rings (SSSR count). The minimum absolute atomic E-state index is 0.357. The SMILES string of the molecule is CCCC[C@H](NC(=O)c1ccccc1-n1ccnn1)C(=O)O. The van der Waals surface area contributed by atoms with Gasteiger partial charge in [0.05, 0.1) is 23.6 Å². The van der Waals surface area contributed by atoms with E-state index in [1.165, 1.54) is 10.9 Å². The first-order valence-corrected chi connectivity index (χ1v) is 7.13. The van der Waals surface area contributed by atoms with Crippen molar-refractivity contribution in [3.05, 3.63) is 42.2 Å². The fraction of sp³-hybridized carbons (Fsp3) is 0.333. The van der Waals surface area contributed by atoms with Crippen LogP contribution in [0, 0.1) is 0 Å². The molecule has 0 aliphatic carbocycles. The van der Waals surface area contributed by atoms with Crippen molar-refractivity contribution in [1.82, 2.24) is 20.3 Å². The molecule has 0 fully saturated rings. The molecule has 0 bridgehead atoms. The number of aromatic nitrogens is 3. The molecule has 0 unspecified atom stereocenters. The average Bonchev–Trinajstić information content (AvgIpc) is 3.05. The van der Waals surface area contributed by atoms with Crippen LogP contribution in [-0.4, -0.2) is 38.0 Å². The summed E-state index contributed by atoms with van der Waals surface area (Å²) in [5.74, 6) is -1.46. The molecule has 1 aromatic carbocycles. The van der Waals surface area contributed by atoms with Gasteiger partial charge in [-0.3, -0.25) is 4.79 Å². The van der Waals surface area contributed by atoms with E-state index in [1.807, 2.05) is 6.92 Å². The van der Waals surface area contributed by atoms with Crippen LogP contribution in [-0.2, 0) is 4.79 Å². The summed E-state index contributed by atoms with van der Waals surface area (Å²) in [5.41, 5.74) is 0.910. The molecule has 0 saturated heterocycles. The third-order valence-corrected chi connectivity index (χ3v) is 3.27. The van der Waals surface area contributed by atoms with Crippen molar-refractivity contribution in [2.24, 2.45) is 0 Å². The number of amides is 1. The van der Waals surface area contributed by atoms with E-state index in [1.54, 1.807) is 30.5 Å². The van der Waals surface area contributed by atoms with E-state index in [-0.39, 0.29) is 0 Å². The third kappa shape index (κ3) is 3.69. The van der Waals surface area contributed by atoms with Crippen molar-refractivity contribution >= 4 is 11.9 Å². The van der Waals surface area contributed by atoms with Gasteiger partial charge in [-0.15, -0.1) is 5.10 Å². The quantitative estimate of drug-likeness (QED) is 0.810. The fourth-order valence-corrected chi connectivity index (χ4v) is 2.10. The smallest absolute Gasteiger partial charge is 0.326 e. The highest BCUT2D eigenvalue weighted by atomic mass is 16.4. The molecule has 0 spiro atoms. The van der Waals surface area contributed by atoms with Crippen LogP contribution in [0.1, 0.15) is 36.5 Å². The number of carboxylic acids is 1. The highest BCUT2D eigenvalue weighted by Crippen LogP contribution is 2.13. The molecule has 116 valence electrons. The van der Waals surface area contributed by atoms with Gasteiger partial charge in [0.25, 0.3) is 5.91 Å². The largest absolute Gasteiger partial charge is 0.480 e. The maximum Gasteiger partial charge on any atom is 0.326 e. The van der Waals surface area contributed by atoms with Crippen molar-refractivity contribution < 1.29 is 14.7 Å². The summed E-state index contributed by atoms with van der Waals surface area (Å²) in [4.78, 5) is 23.6. The lowest BCUT2D eigenvalue weighted by atomic mass is 10.1. The van der Waals surface area contributed by atoms with E-state index in [0.29, 0.717) is 17.7 Å². The Kier molecular flexibility index (Phi) is 5.24. The zero-order valence-electron chi connectivity index (χ0n) is 12.3. The monoisotopic (exact) mass is 302 g/mol. The van der Waals surface area contributed by atoms with Crippen LogP contribution in [0.3, 0.4) is 0 Å². The van der Waals surface area contributed by atoms with Gasteiger partial charge in [0.15, 0.2) is 0 Å². The Morgan fingerprint density at radius 3 is 2.77 bits per heavy atom. The Hall–Kier alpha value is -2.70. The van der Waals surface area contributed by atoms with Gasteiger partial charge in [-0.25, -0.2) is 9.48 Å². The summed E-state index contributed by atoms with van der Waals surface area (Å²) in [6.07, 6.45) is 5.15. The summed E-state index contributed by atoms with van der Waals surface area (Å²) in [6.45, 7) is 1.97. The molecule has 1 atom stereocenters. The van der Waals surface area contributed by atoms with Crippen molar-refractivity contribution in [2.75, 3.05) is 0 Å². The minimum Gasteiger partial charge on any atom is -0.480 e. The van der Waals surface area contributed by atoms with E-state index in [9.17, 15) is 14.7 Å². The molecule has 0 saturated carbocycles. The normalized spacial score (nSPS) is 11.9. The number of carboxylic acid groups (broad SMARTS) is 1. The van der Waals surface area contributed by atoms with Crippen LogP contribution in [0.2, 0.25) is 0 Å². The first-order chi connectivity index (χ1) is 10.6. The summed E-state index contributed by atoms with van der Waals surface area (Å²) >= 11 is 0. The van der Waals surface area contributed by atoms with Gasteiger partial charge < -0.3 is 10.4 Å². The predicted octanol–water partition coefficient (Wildman–Crippen LogP) is 1.64. The molecule has 0 aliphatic heterocycles. The van der Waals surface area contributed by atoms with E-state index < -0.39 is 17.9 Å². The Morgan fingerprint density at radius 1 is 1.36 bits per heavy atom. The van der Waals surface area contributed by atoms with Crippen LogP contribution in [0.4, 0.5) is 0 Å². The number of carbonyl (C=O) groups is 2. The second kappa shape index (κ2) is 7.35. The molecule has 0 radical (unpaired) electrons. The first kappa shape index (κ1) is 15.7. The molecule has 0 aliphatic rings.